The molecule has 0 saturated carbocycles. The number of rotatable bonds is 35. The fourth-order valence-corrected chi connectivity index (χ4v) is 9.79. The van der Waals surface area contributed by atoms with Crippen molar-refractivity contribution in [3.05, 3.63) is 89.3 Å². The van der Waals surface area contributed by atoms with Crippen LogP contribution >= 0.6 is 19.4 Å². The third-order valence-corrected chi connectivity index (χ3v) is 14.2. The number of fused-ring (bicyclic) bond motifs is 1. The Morgan fingerprint density at radius 3 is 2.01 bits per heavy atom. The molecule has 18 heteroatoms. The lowest BCUT2D eigenvalue weighted by molar-refractivity contribution is -0.173. The minimum absolute atomic E-state index is 0.00818. The first-order valence-corrected chi connectivity index (χ1v) is 27.8. The van der Waals surface area contributed by atoms with Gasteiger partial charge in [0.2, 0.25) is 5.60 Å². The number of nitrogen functional groups attached to an aromatic ring is 1. The van der Waals surface area contributed by atoms with Crippen LogP contribution in [0.25, 0.3) is 5.52 Å². The Hall–Kier alpha value is -4.59. The summed E-state index contributed by atoms with van der Waals surface area (Å²) in [6, 6.07) is 21.2. The Bertz CT molecular complexity index is 2330. The van der Waals surface area contributed by atoms with Gasteiger partial charge in [-0.05, 0) is 36.2 Å². The molecule has 16 nitrogen and oxygen atoms in total. The van der Waals surface area contributed by atoms with Crippen LogP contribution in [0.1, 0.15) is 149 Å². The van der Waals surface area contributed by atoms with E-state index in [0.29, 0.717) is 12.1 Å². The van der Waals surface area contributed by atoms with E-state index < -0.39 is 68.2 Å². The van der Waals surface area contributed by atoms with Crippen LogP contribution in [0.3, 0.4) is 0 Å². The van der Waals surface area contributed by atoms with Gasteiger partial charge in [0.05, 0.1) is 49.0 Å². The molecule has 0 amide bonds. The molecule has 0 spiro atoms. The lowest BCUT2D eigenvalue weighted by Crippen LogP contribution is -2.47. The molecular weight excluding hydrogens is 961 g/mol. The maximum absolute atomic E-state index is 15.0. The van der Waals surface area contributed by atoms with Gasteiger partial charge in [0.25, 0.3) is 0 Å². The number of halogens is 1. The minimum atomic E-state index is -4.72. The smallest absolute Gasteiger partial charge is 0.455 e. The Labute approximate surface area is 431 Å². The first-order chi connectivity index (χ1) is 34.8. The molecule has 72 heavy (non-hydrogen) atoms. The van der Waals surface area contributed by atoms with Crippen molar-refractivity contribution in [1.82, 2.24) is 14.6 Å². The second-order valence-corrected chi connectivity index (χ2v) is 21.1. The first-order valence-electron chi connectivity index (χ1n) is 26.0. The van der Waals surface area contributed by atoms with E-state index >= 15 is 0 Å². The molecule has 4 aromatic rings. The quantitative estimate of drug-likeness (QED) is 0.0258. The first kappa shape index (κ1) is 58.3. The number of para-hydroxylation sites is 1. The second-order valence-electron chi connectivity index (χ2n) is 19.1. The molecule has 6 atom stereocenters. The van der Waals surface area contributed by atoms with E-state index in [9.17, 15) is 19.4 Å². The number of nitrogens with two attached hydrogens (primary N) is 1. The maximum Gasteiger partial charge on any atom is 0.530 e. The van der Waals surface area contributed by atoms with Gasteiger partial charge < -0.3 is 33.9 Å². The summed E-state index contributed by atoms with van der Waals surface area (Å²) in [5.74, 6) is -2.61. The van der Waals surface area contributed by atoms with E-state index in [1.165, 1.54) is 106 Å². The summed E-state index contributed by atoms with van der Waals surface area (Å²) < 4.78 is 65.5. The zero-order valence-corrected chi connectivity index (χ0v) is 44.6. The van der Waals surface area contributed by atoms with E-state index in [2.05, 4.69) is 23.1 Å². The highest BCUT2D eigenvalue weighted by Crippen LogP contribution is 2.53. The highest BCUT2D eigenvalue weighted by molar-refractivity contribution is 7.49. The molecule has 3 heterocycles. The number of carbonyl (C=O) groups excluding carboxylic acids is 2. The predicted molar refractivity (Wildman–Crippen MR) is 276 cm³/mol. The zero-order valence-electron chi connectivity index (χ0n) is 42.9. The number of unbranched alkanes of at least 4 members (excludes halogenated alkanes) is 15. The van der Waals surface area contributed by atoms with Crippen molar-refractivity contribution in [3.8, 4) is 11.8 Å². The normalized spacial score (nSPS) is 19.1. The number of hydrogen-bond acceptors (Lipinski definition) is 15. The van der Waals surface area contributed by atoms with E-state index in [1.807, 2.05) is 30.3 Å². The number of aromatic nitrogens is 3. The summed E-state index contributed by atoms with van der Waals surface area (Å²) in [6.45, 7) is 8.60. The summed E-state index contributed by atoms with van der Waals surface area (Å²) in [5, 5.41) is 15.5. The van der Waals surface area contributed by atoms with Crippen LogP contribution in [0.2, 0.25) is 5.02 Å². The van der Waals surface area contributed by atoms with Crippen molar-refractivity contribution in [1.29, 1.82) is 5.26 Å². The molecule has 0 aliphatic carbocycles. The molecule has 1 aliphatic heterocycles. The van der Waals surface area contributed by atoms with Gasteiger partial charge in [0.15, 0.2) is 18.0 Å². The monoisotopic (exact) mass is 1040 g/mol. The molecule has 1 saturated heterocycles. The molecule has 1 unspecified atom stereocenters. The third-order valence-electron chi connectivity index (χ3n) is 12.5. The fraction of sp³-hybridized carbons (Fsp3) is 0.611. The molecule has 0 bridgehead atoms. The van der Waals surface area contributed by atoms with E-state index in [1.54, 1.807) is 52.0 Å². The number of ether oxygens (including phenoxy) is 5. The van der Waals surface area contributed by atoms with Crippen LogP contribution < -0.4 is 10.3 Å². The average molecular weight is 1040 g/mol. The maximum atomic E-state index is 15.0. The van der Waals surface area contributed by atoms with E-state index in [4.69, 9.17) is 54.6 Å². The van der Waals surface area contributed by atoms with Gasteiger partial charge >= 0.3 is 19.8 Å². The molecule has 2 aromatic heterocycles. The number of phosphoric acid groups is 1. The number of carbonyl (C=O) groups is 2. The predicted octanol–water partition coefficient (Wildman–Crippen LogP) is 12.3. The summed E-state index contributed by atoms with van der Waals surface area (Å²) in [4.78, 5) is 30.9. The number of anilines is 1. The van der Waals surface area contributed by atoms with Gasteiger partial charge in [-0.25, -0.2) is 14.1 Å². The van der Waals surface area contributed by atoms with Crippen molar-refractivity contribution in [2.24, 2.45) is 11.8 Å². The average Bonchev–Trinajstić information content (AvgIpc) is 3.94. The number of hydrogen-bond donors (Lipinski definition) is 1. The standard InChI is InChI=1S/C54H77ClN5O11P/c1-6-7-8-9-10-11-12-13-14-15-16-17-18-19-20-26-33-64-35-43(65-34-42-27-22-21-23-28-42)36-66-72(63,71-46-30-25-24-29-44(46)55)67-37-47-49(68-52(61)40(2)3)50(69-53(62)41(4)5)54(38-56,70-47)48-32-31-45-51(57)58-39-59-60(45)48/h21-25,27-32,39-41,43,47,49-50H,6-20,26,33-37H2,1-5H3,(H2,57,58,59)/t43-,47-,49-,50-,54+,72?/m1/s1. The summed E-state index contributed by atoms with van der Waals surface area (Å²) in [5.41, 5.74) is 5.32. The molecule has 0 radical (unpaired) electrons. The topological polar surface area (TPSA) is 205 Å². The second kappa shape index (κ2) is 30.6. The van der Waals surface area contributed by atoms with E-state index in [-0.39, 0.29) is 42.1 Å². The molecule has 396 valence electrons. The Kier molecular flexibility index (Phi) is 24.8. The summed E-state index contributed by atoms with van der Waals surface area (Å²) in [7, 11) is -4.72. The van der Waals surface area contributed by atoms with Gasteiger partial charge in [0, 0.05) is 6.61 Å². The lowest BCUT2D eigenvalue weighted by atomic mass is 9.92. The largest absolute Gasteiger partial charge is 0.530 e. The third kappa shape index (κ3) is 17.8. The fourth-order valence-electron chi connectivity index (χ4n) is 8.30. The van der Waals surface area contributed by atoms with Crippen molar-refractivity contribution in [2.45, 2.75) is 174 Å². The van der Waals surface area contributed by atoms with Crippen LogP contribution in [-0.4, -0.2) is 77.4 Å². The van der Waals surface area contributed by atoms with Crippen LogP contribution in [0.4, 0.5) is 5.82 Å². The van der Waals surface area contributed by atoms with Crippen molar-refractivity contribution in [3.63, 3.8) is 0 Å². The van der Waals surface area contributed by atoms with E-state index in [0.717, 1.165) is 24.8 Å². The SMILES string of the molecule is CCCCCCCCCCCCCCCCCCOC[C@H](COP(=O)(OC[C@H]1O[C@@](C#N)(c2ccc3c(N)ncnn23)[C@H](OC(=O)C(C)C)[C@@H]1OC(=O)C(C)C)Oc1ccccc1Cl)OCc1ccccc1. The Balaban J connectivity index is 1.27. The van der Waals surface area contributed by atoms with Crippen LogP contribution in [-0.2, 0) is 59.1 Å². The van der Waals surface area contributed by atoms with Gasteiger partial charge in [-0.1, -0.05) is 185 Å². The van der Waals surface area contributed by atoms with Gasteiger partial charge in [0.1, 0.15) is 35.9 Å². The van der Waals surface area contributed by atoms with Crippen molar-refractivity contribution < 1.29 is 51.4 Å². The molecule has 2 aromatic carbocycles. The molecular formula is C54H77ClN5O11P. The summed E-state index contributed by atoms with van der Waals surface area (Å²) >= 11 is 6.51. The number of esters is 2. The van der Waals surface area contributed by atoms with Crippen LogP contribution in [0.15, 0.2) is 73.1 Å². The van der Waals surface area contributed by atoms with Crippen LogP contribution in [0.5, 0.6) is 5.75 Å². The van der Waals surface area contributed by atoms with Crippen molar-refractivity contribution >= 4 is 42.7 Å². The van der Waals surface area contributed by atoms with Gasteiger partial charge in [-0.15, -0.1) is 0 Å². The van der Waals surface area contributed by atoms with Crippen LogP contribution in [0, 0.1) is 23.2 Å². The highest BCUT2D eigenvalue weighted by Gasteiger charge is 2.63. The molecule has 5 rings (SSSR count). The molecule has 1 aliphatic rings. The summed E-state index contributed by atoms with van der Waals surface area (Å²) in [6.07, 6.45) is 16.3. The Morgan fingerprint density at radius 2 is 1.40 bits per heavy atom. The molecule has 2 N–H and O–H groups in total. The van der Waals surface area contributed by atoms with Crippen molar-refractivity contribution in [2.75, 3.05) is 32.2 Å². The highest BCUT2D eigenvalue weighted by atomic mass is 35.5. The Morgan fingerprint density at radius 1 is 0.806 bits per heavy atom. The number of nitriles is 1. The number of nitrogens with zero attached hydrogens (tertiary/aromatic N) is 4. The molecule has 1 fully saturated rings. The lowest BCUT2D eigenvalue weighted by Gasteiger charge is -2.29. The number of benzene rings is 2. The number of phosphoric ester groups is 1. The zero-order chi connectivity index (χ0) is 51.8. The van der Waals surface area contributed by atoms with Gasteiger partial charge in [-0.3, -0.25) is 18.6 Å². The minimum Gasteiger partial charge on any atom is -0.455 e. The van der Waals surface area contributed by atoms with Gasteiger partial charge in [-0.2, -0.15) is 10.4 Å².